The highest BCUT2D eigenvalue weighted by molar-refractivity contribution is 9.10. The maximum atomic E-state index is 13.4. The maximum absolute atomic E-state index is 13.4. The lowest BCUT2D eigenvalue weighted by Gasteiger charge is -2.06. The lowest BCUT2D eigenvalue weighted by molar-refractivity contribution is -0.385. The summed E-state index contributed by atoms with van der Waals surface area (Å²) in [5.41, 5.74) is 0.00173. The molecule has 0 fully saturated rings. The Morgan fingerprint density at radius 2 is 2.24 bits per heavy atom. The topological polar surface area (TPSA) is 74.4 Å². The molecule has 0 spiro atoms. The van der Waals surface area contributed by atoms with Crippen LogP contribution in [0, 0.1) is 15.9 Å². The van der Waals surface area contributed by atoms with Crippen molar-refractivity contribution in [1.29, 1.82) is 0 Å². The van der Waals surface area contributed by atoms with Gasteiger partial charge >= 0.3 is 5.69 Å². The van der Waals surface area contributed by atoms with Crippen LogP contribution in [0.3, 0.4) is 0 Å². The van der Waals surface area contributed by atoms with Gasteiger partial charge in [-0.05, 0) is 22.0 Å². The summed E-state index contributed by atoms with van der Waals surface area (Å²) in [4.78, 5) is 22.0. The quantitative estimate of drug-likeness (QED) is 0.468. The number of carbonyl (C=O) groups is 1. The lowest BCUT2D eigenvalue weighted by Crippen LogP contribution is -2.12. The number of aromatic nitrogens is 1. The molecule has 2 aromatic rings. The number of nitro benzene ring substituents is 1. The van der Waals surface area contributed by atoms with E-state index in [9.17, 15) is 19.3 Å². The van der Waals surface area contributed by atoms with E-state index < -0.39 is 23.0 Å². The number of ketones is 1. The van der Waals surface area contributed by atoms with Gasteiger partial charge in [0.1, 0.15) is 5.82 Å². The number of nitrogens with zero attached hydrogens (tertiary/aromatic N) is 2. The molecule has 1 aromatic carbocycles. The molecule has 0 bridgehead atoms. The van der Waals surface area contributed by atoms with Crippen LogP contribution in [0.1, 0.15) is 10.4 Å². The van der Waals surface area contributed by atoms with Crippen LogP contribution in [-0.4, -0.2) is 21.9 Å². The fraction of sp³-hybridized carbons (Fsp3) is 0.154. The zero-order chi connectivity index (χ0) is 15.6. The van der Waals surface area contributed by atoms with Crippen molar-refractivity contribution in [3.63, 3.8) is 0 Å². The van der Waals surface area contributed by atoms with Crippen molar-refractivity contribution in [2.24, 2.45) is 7.05 Å². The second-order valence-electron chi connectivity index (χ2n) is 4.27. The standard InChI is InChI=1S/C13H10BrFN2O4/c1-16-3-2-8(6-16)12(18)7-21-13-5-10(15)9(14)4-11(13)17(19)20/h2-6H,7H2,1H3. The normalized spacial score (nSPS) is 10.4. The number of hydrogen-bond acceptors (Lipinski definition) is 4. The zero-order valence-electron chi connectivity index (χ0n) is 10.9. The number of carbonyl (C=O) groups excluding carboxylic acids is 1. The minimum Gasteiger partial charge on any atom is -0.478 e. The zero-order valence-corrected chi connectivity index (χ0v) is 12.5. The van der Waals surface area contributed by atoms with Crippen molar-refractivity contribution in [2.75, 3.05) is 6.61 Å². The van der Waals surface area contributed by atoms with Crippen molar-refractivity contribution >= 4 is 27.4 Å². The van der Waals surface area contributed by atoms with Gasteiger partial charge in [0.05, 0.1) is 9.40 Å². The molecule has 1 heterocycles. The Kier molecular flexibility index (Phi) is 4.37. The predicted octanol–water partition coefficient (Wildman–Crippen LogP) is 3.10. The van der Waals surface area contributed by atoms with E-state index in [-0.39, 0.29) is 16.0 Å². The number of aryl methyl sites for hydroxylation is 1. The number of benzene rings is 1. The average molecular weight is 357 g/mol. The van der Waals surface area contributed by atoms with E-state index >= 15 is 0 Å². The Balaban J connectivity index is 2.18. The van der Waals surface area contributed by atoms with Gasteiger partial charge in [-0.2, -0.15) is 0 Å². The fourth-order valence-electron chi connectivity index (χ4n) is 1.67. The van der Waals surface area contributed by atoms with E-state index in [1.165, 1.54) is 0 Å². The summed E-state index contributed by atoms with van der Waals surface area (Å²) >= 11 is 2.86. The molecule has 6 nitrogen and oxygen atoms in total. The third-order valence-corrected chi connectivity index (χ3v) is 3.32. The van der Waals surface area contributed by atoms with Gasteiger partial charge < -0.3 is 9.30 Å². The first-order chi connectivity index (χ1) is 9.88. The van der Waals surface area contributed by atoms with Crippen molar-refractivity contribution in [3.05, 3.63) is 56.6 Å². The maximum Gasteiger partial charge on any atom is 0.312 e. The lowest BCUT2D eigenvalue weighted by atomic mass is 10.2. The van der Waals surface area contributed by atoms with Crippen molar-refractivity contribution in [2.45, 2.75) is 0 Å². The Labute approximate surface area is 127 Å². The van der Waals surface area contributed by atoms with E-state index in [2.05, 4.69) is 15.9 Å². The first kappa shape index (κ1) is 15.2. The summed E-state index contributed by atoms with van der Waals surface area (Å²) in [6.07, 6.45) is 3.29. The molecule has 0 aliphatic rings. The highest BCUT2D eigenvalue weighted by atomic mass is 79.9. The number of rotatable bonds is 5. The molecule has 0 unspecified atom stereocenters. The molecule has 0 atom stereocenters. The monoisotopic (exact) mass is 356 g/mol. The molecule has 1 aromatic heterocycles. The molecule has 0 aliphatic carbocycles. The number of hydrogen-bond donors (Lipinski definition) is 0. The van der Waals surface area contributed by atoms with Gasteiger partial charge in [0, 0.05) is 37.1 Å². The van der Waals surface area contributed by atoms with Crippen LogP contribution in [0.15, 0.2) is 35.1 Å². The van der Waals surface area contributed by atoms with E-state index in [1.54, 1.807) is 30.1 Å². The molecule has 0 aliphatic heterocycles. The van der Waals surface area contributed by atoms with E-state index in [0.29, 0.717) is 5.56 Å². The Bertz CT molecular complexity index is 714. The summed E-state index contributed by atoms with van der Waals surface area (Å²) in [7, 11) is 1.76. The van der Waals surface area contributed by atoms with Crippen LogP contribution in [0.2, 0.25) is 0 Å². The average Bonchev–Trinajstić information content (AvgIpc) is 2.85. The second kappa shape index (κ2) is 6.04. The van der Waals surface area contributed by atoms with Gasteiger partial charge in [0.2, 0.25) is 11.5 Å². The number of Topliss-reactive ketones (excluding diaryl/α,β-unsaturated/α-hetero) is 1. The molecule has 0 amide bonds. The first-order valence-corrected chi connectivity index (χ1v) is 6.59. The van der Waals surface area contributed by atoms with Crippen LogP contribution in [-0.2, 0) is 7.05 Å². The molecule has 8 heteroatoms. The molecule has 110 valence electrons. The predicted molar refractivity (Wildman–Crippen MR) is 76.0 cm³/mol. The summed E-state index contributed by atoms with van der Waals surface area (Å²) in [6, 6.07) is 3.47. The summed E-state index contributed by atoms with van der Waals surface area (Å²) in [6.45, 7) is -0.411. The molecule has 0 saturated heterocycles. The minimum absolute atomic E-state index is 0.0454. The van der Waals surface area contributed by atoms with Gasteiger partial charge in [0.15, 0.2) is 6.61 Å². The van der Waals surface area contributed by atoms with Crippen molar-refractivity contribution < 1.29 is 18.8 Å². The fourth-order valence-corrected chi connectivity index (χ4v) is 2.00. The van der Waals surface area contributed by atoms with Crippen molar-refractivity contribution in [3.8, 4) is 5.75 Å². The van der Waals surface area contributed by atoms with E-state index in [4.69, 9.17) is 4.74 Å². The highest BCUT2D eigenvalue weighted by Gasteiger charge is 2.20. The molecule has 2 rings (SSSR count). The van der Waals surface area contributed by atoms with Crippen LogP contribution in [0.5, 0.6) is 5.75 Å². The van der Waals surface area contributed by atoms with E-state index in [0.717, 1.165) is 12.1 Å². The Morgan fingerprint density at radius 1 is 1.52 bits per heavy atom. The van der Waals surface area contributed by atoms with Gasteiger partial charge in [-0.15, -0.1) is 0 Å². The van der Waals surface area contributed by atoms with Crippen LogP contribution >= 0.6 is 15.9 Å². The number of ether oxygens (including phenoxy) is 1. The van der Waals surface area contributed by atoms with Gasteiger partial charge in [-0.3, -0.25) is 14.9 Å². The van der Waals surface area contributed by atoms with Crippen molar-refractivity contribution in [1.82, 2.24) is 4.57 Å². The molecule has 0 radical (unpaired) electrons. The molecule has 21 heavy (non-hydrogen) atoms. The van der Waals surface area contributed by atoms with Gasteiger partial charge in [-0.25, -0.2) is 4.39 Å². The van der Waals surface area contributed by atoms with E-state index in [1.807, 2.05) is 0 Å². The summed E-state index contributed by atoms with van der Waals surface area (Å²) < 4.78 is 20.2. The smallest absolute Gasteiger partial charge is 0.312 e. The Morgan fingerprint density at radius 3 is 2.81 bits per heavy atom. The second-order valence-corrected chi connectivity index (χ2v) is 5.12. The molecule has 0 saturated carbocycles. The highest BCUT2D eigenvalue weighted by Crippen LogP contribution is 2.32. The number of nitro groups is 1. The van der Waals surface area contributed by atoms with Gasteiger partial charge in [-0.1, -0.05) is 0 Å². The molecular formula is C13H10BrFN2O4. The first-order valence-electron chi connectivity index (χ1n) is 5.80. The van der Waals surface area contributed by atoms with Crippen LogP contribution in [0.25, 0.3) is 0 Å². The molecule has 0 N–H and O–H groups in total. The SMILES string of the molecule is Cn1ccc(C(=O)COc2cc(F)c(Br)cc2[N+](=O)[O-])c1. The summed E-state index contributed by atoms with van der Waals surface area (Å²) in [5, 5.41) is 10.9. The van der Waals surface area contributed by atoms with Crippen LogP contribution in [0.4, 0.5) is 10.1 Å². The third kappa shape index (κ3) is 3.46. The van der Waals surface area contributed by atoms with Crippen LogP contribution < -0.4 is 4.74 Å². The largest absolute Gasteiger partial charge is 0.478 e. The molecular weight excluding hydrogens is 347 g/mol. The van der Waals surface area contributed by atoms with Gasteiger partial charge in [0.25, 0.3) is 0 Å². The number of halogens is 2. The summed E-state index contributed by atoms with van der Waals surface area (Å²) in [5.74, 6) is -1.35. The third-order valence-electron chi connectivity index (χ3n) is 2.71. The Hall–Kier alpha value is -2.22. The minimum atomic E-state index is -0.706.